The summed E-state index contributed by atoms with van der Waals surface area (Å²) in [5.74, 6) is 0.369. The second-order valence-corrected chi connectivity index (χ2v) is 6.43. The van der Waals surface area contributed by atoms with Gasteiger partial charge in [-0.25, -0.2) is 4.90 Å². The van der Waals surface area contributed by atoms with Crippen LogP contribution in [-0.2, 0) is 4.79 Å². The largest absolute Gasteiger partial charge is 0.494 e. The maximum atomic E-state index is 12.6. The Hall–Kier alpha value is -2.24. The molecule has 0 aromatic heterocycles. The van der Waals surface area contributed by atoms with Crippen LogP contribution >= 0.6 is 23.4 Å². The molecule has 6 heteroatoms. The molecule has 0 saturated carbocycles. The first-order valence-corrected chi connectivity index (χ1v) is 8.54. The monoisotopic (exact) mass is 359 g/mol. The summed E-state index contributed by atoms with van der Waals surface area (Å²) in [7, 11) is 0. The van der Waals surface area contributed by atoms with Crippen LogP contribution in [0, 0.1) is 0 Å². The van der Waals surface area contributed by atoms with Crippen LogP contribution in [0.4, 0.5) is 10.5 Å². The highest BCUT2D eigenvalue weighted by Gasteiger charge is 2.36. The van der Waals surface area contributed by atoms with Crippen LogP contribution in [0.25, 0.3) is 6.08 Å². The van der Waals surface area contributed by atoms with Crippen LogP contribution < -0.4 is 9.64 Å². The van der Waals surface area contributed by atoms with Crippen molar-refractivity contribution in [3.8, 4) is 5.75 Å². The molecule has 0 unspecified atom stereocenters. The van der Waals surface area contributed by atoms with E-state index in [9.17, 15) is 9.59 Å². The van der Waals surface area contributed by atoms with Gasteiger partial charge in [-0.15, -0.1) is 0 Å². The normalized spacial score (nSPS) is 16.1. The van der Waals surface area contributed by atoms with E-state index in [1.807, 2.05) is 6.92 Å². The summed E-state index contributed by atoms with van der Waals surface area (Å²) in [6.45, 7) is 2.46. The van der Waals surface area contributed by atoms with Crippen molar-refractivity contribution >= 4 is 46.3 Å². The summed E-state index contributed by atoms with van der Waals surface area (Å²) in [5, 5.41) is 0.305. The van der Waals surface area contributed by atoms with Crippen molar-refractivity contribution < 1.29 is 14.3 Å². The molecular formula is C18H14ClNO3S. The molecule has 1 heterocycles. The fraction of sp³-hybridized carbons (Fsp3) is 0.111. The second kappa shape index (κ2) is 7.11. The molecule has 1 aliphatic rings. The average Bonchev–Trinajstić information content (AvgIpc) is 2.85. The average molecular weight is 360 g/mol. The van der Waals surface area contributed by atoms with Crippen LogP contribution in [0.3, 0.4) is 0 Å². The Bertz CT molecular complexity index is 800. The Morgan fingerprint density at radius 2 is 1.75 bits per heavy atom. The third-order valence-electron chi connectivity index (χ3n) is 3.37. The van der Waals surface area contributed by atoms with Gasteiger partial charge in [0.1, 0.15) is 5.75 Å². The Kier molecular flexibility index (Phi) is 4.92. The predicted molar refractivity (Wildman–Crippen MR) is 97.5 cm³/mol. The Morgan fingerprint density at radius 1 is 1.08 bits per heavy atom. The summed E-state index contributed by atoms with van der Waals surface area (Å²) in [4.78, 5) is 26.3. The Balaban J connectivity index is 1.84. The minimum Gasteiger partial charge on any atom is -0.494 e. The first-order chi connectivity index (χ1) is 11.6. The molecule has 0 bridgehead atoms. The van der Waals surface area contributed by atoms with Gasteiger partial charge in [0.15, 0.2) is 0 Å². The van der Waals surface area contributed by atoms with Crippen molar-refractivity contribution in [2.45, 2.75) is 6.92 Å². The molecule has 2 aromatic carbocycles. The van der Waals surface area contributed by atoms with Crippen molar-refractivity contribution in [1.82, 2.24) is 0 Å². The minimum absolute atomic E-state index is 0.315. The van der Waals surface area contributed by atoms with E-state index in [0.717, 1.165) is 17.3 Å². The third kappa shape index (κ3) is 3.47. The number of rotatable bonds is 4. The fourth-order valence-electron chi connectivity index (χ4n) is 2.26. The molecule has 2 amide bonds. The van der Waals surface area contributed by atoms with Gasteiger partial charge in [0.25, 0.3) is 11.1 Å². The lowest BCUT2D eigenvalue weighted by Gasteiger charge is -2.13. The molecule has 24 heavy (non-hydrogen) atoms. The number of hydrogen-bond donors (Lipinski definition) is 0. The molecule has 0 N–H and O–H groups in total. The highest BCUT2D eigenvalue weighted by atomic mass is 35.5. The van der Waals surface area contributed by atoms with Gasteiger partial charge in [0, 0.05) is 5.02 Å². The number of halogens is 1. The summed E-state index contributed by atoms with van der Waals surface area (Å²) in [6, 6.07) is 14.0. The number of carbonyl (C=O) groups is 2. The van der Waals surface area contributed by atoms with Crippen LogP contribution in [0.5, 0.6) is 5.75 Å². The summed E-state index contributed by atoms with van der Waals surface area (Å²) >= 11 is 6.78. The number of amides is 2. The molecule has 0 radical (unpaired) electrons. The number of imide groups is 1. The standard InChI is InChI=1S/C18H14ClNO3S/c1-2-23-15-9-7-14(8-10-15)20-17(21)16(24-18(20)22)11-12-3-5-13(19)6-4-12/h3-11H,2H2,1H3. The van der Waals surface area contributed by atoms with Gasteiger partial charge < -0.3 is 4.74 Å². The van der Waals surface area contributed by atoms with Crippen LogP contribution in [0.15, 0.2) is 53.4 Å². The molecule has 0 spiro atoms. The molecular weight excluding hydrogens is 346 g/mol. The molecule has 2 aromatic rings. The summed E-state index contributed by atoms with van der Waals surface area (Å²) < 4.78 is 5.37. The number of ether oxygens (including phenoxy) is 1. The van der Waals surface area contributed by atoms with Crippen molar-refractivity contribution in [1.29, 1.82) is 0 Å². The highest BCUT2D eigenvalue weighted by molar-refractivity contribution is 8.19. The lowest BCUT2D eigenvalue weighted by molar-refractivity contribution is -0.113. The first kappa shape index (κ1) is 16.6. The van der Waals surface area contributed by atoms with Gasteiger partial charge in [-0.2, -0.15) is 0 Å². The molecule has 122 valence electrons. The van der Waals surface area contributed by atoms with Gasteiger partial charge in [-0.05, 0) is 66.7 Å². The van der Waals surface area contributed by atoms with Crippen LogP contribution in [0.1, 0.15) is 12.5 Å². The first-order valence-electron chi connectivity index (χ1n) is 7.35. The molecule has 1 saturated heterocycles. The zero-order chi connectivity index (χ0) is 17.1. The van der Waals surface area contributed by atoms with E-state index in [4.69, 9.17) is 16.3 Å². The van der Waals surface area contributed by atoms with E-state index in [1.54, 1.807) is 54.6 Å². The van der Waals surface area contributed by atoms with Crippen molar-refractivity contribution in [2.24, 2.45) is 0 Å². The lowest BCUT2D eigenvalue weighted by atomic mass is 10.2. The molecule has 1 fully saturated rings. The Morgan fingerprint density at radius 3 is 2.38 bits per heavy atom. The van der Waals surface area contributed by atoms with Gasteiger partial charge in [-0.1, -0.05) is 23.7 Å². The van der Waals surface area contributed by atoms with E-state index in [2.05, 4.69) is 0 Å². The fourth-order valence-corrected chi connectivity index (χ4v) is 3.23. The van der Waals surface area contributed by atoms with Crippen LogP contribution in [-0.4, -0.2) is 17.8 Å². The third-order valence-corrected chi connectivity index (χ3v) is 4.49. The summed E-state index contributed by atoms with van der Waals surface area (Å²) in [5.41, 5.74) is 1.34. The van der Waals surface area contributed by atoms with E-state index < -0.39 is 0 Å². The van der Waals surface area contributed by atoms with Crippen molar-refractivity contribution in [3.63, 3.8) is 0 Å². The van der Waals surface area contributed by atoms with Crippen molar-refractivity contribution in [3.05, 3.63) is 64.0 Å². The quantitative estimate of drug-likeness (QED) is 0.722. The van der Waals surface area contributed by atoms with Crippen molar-refractivity contribution in [2.75, 3.05) is 11.5 Å². The van der Waals surface area contributed by atoms with E-state index in [0.29, 0.717) is 28.0 Å². The number of carbonyl (C=O) groups excluding carboxylic acids is 2. The zero-order valence-corrected chi connectivity index (χ0v) is 14.4. The molecule has 4 nitrogen and oxygen atoms in total. The van der Waals surface area contributed by atoms with E-state index in [-0.39, 0.29) is 11.1 Å². The van der Waals surface area contributed by atoms with Gasteiger partial charge in [0.2, 0.25) is 0 Å². The number of nitrogens with zero attached hydrogens (tertiary/aromatic N) is 1. The maximum Gasteiger partial charge on any atom is 0.298 e. The smallest absolute Gasteiger partial charge is 0.298 e. The molecule has 3 rings (SSSR count). The zero-order valence-electron chi connectivity index (χ0n) is 12.9. The van der Waals surface area contributed by atoms with Gasteiger partial charge >= 0.3 is 0 Å². The lowest BCUT2D eigenvalue weighted by Crippen LogP contribution is -2.27. The van der Waals surface area contributed by atoms with Gasteiger partial charge in [0.05, 0.1) is 17.2 Å². The van der Waals surface area contributed by atoms with E-state index in [1.165, 1.54) is 4.90 Å². The number of thioether (sulfide) groups is 1. The van der Waals surface area contributed by atoms with Gasteiger partial charge in [-0.3, -0.25) is 9.59 Å². The second-order valence-electron chi connectivity index (χ2n) is 5.00. The SMILES string of the molecule is CCOc1ccc(N2C(=O)SC(=Cc3ccc(Cl)cc3)C2=O)cc1. The highest BCUT2D eigenvalue weighted by Crippen LogP contribution is 2.36. The molecule has 0 aliphatic carbocycles. The maximum absolute atomic E-state index is 12.6. The van der Waals surface area contributed by atoms with Crippen LogP contribution in [0.2, 0.25) is 5.02 Å². The summed E-state index contributed by atoms with van der Waals surface area (Å²) in [6.07, 6.45) is 1.69. The number of benzene rings is 2. The minimum atomic E-state index is -0.330. The Labute approximate surface area is 149 Å². The number of hydrogen-bond acceptors (Lipinski definition) is 4. The molecule has 1 aliphatic heterocycles. The predicted octanol–water partition coefficient (Wildman–Crippen LogP) is 4.98. The number of anilines is 1. The molecule has 0 atom stereocenters. The van der Waals surface area contributed by atoms with E-state index >= 15 is 0 Å². The topological polar surface area (TPSA) is 46.6 Å².